The smallest absolute Gasteiger partial charge is 0.324 e. The van der Waals surface area contributed by atoms with Crippen molar-refractivity contribution in [1.29, 1.82) is 0 Å². The first kappa shape index (κ1) is 15.4. The van der Waals surface area contributed by atoms with Crippen molar-refractivity contribution >= 4 is 5.97 Å². The lowest BCUT2D eigenvalue weighted by molar-refractivity contribution is -0.144. The highest BCUT2D eigenvalue weighted by Gasteiger charge is 2.26. The number of rotatable bonds is 6. The highest BCUT2D eigenvalue weighted by molar-refractivity contribution is 5.76. The maximum absolute atomic E-state index is 11.7. The van der Waals surface area contributed by atoms with Crippen molar-refractivity contribution in [3.8, 4) is 0 Å². The van der Waals surface area contributed by atoms with Gasteiger partial charge in [0, 0.05) is 26.2 Å². The SMILES string of the molecule is COC(=O)C(CN1CCCC(OC)C1)NC(C)C. The molecule has 0 spiro atoms. The number of nitrogens with one attached hydrogen (secondary N) is 1. The highest BCUT2D eigenvalue weighted by atomic mass is 16.5. The van der Waals surface area contributed by atoms with Crippen LogP contribution >= 0.6 is 0 Å². The van der Waals surface area contributed by atoms with Gasteiger partial charge in [-0.15, -0.1) is 0 Å². The van der Waals surface area contributed by atoms with E-state index in [1.165, 1.54) is 7.11 Å². The van der Waals surface area contributed by atoms with Gasteiger partial charge < -0.3 is 14.8 Å². The van der Waals surface area contributed by atoms with Crippen LogP contribution in [0.2, 0.25) is 0 Å². The van der Waals surface area contributed by atoms with Gasteiger partial charge in [0.15, 0.2) is 0 Å². The van der Waals surface area contributed by atoms with Gasteiger partial charge in [-0.25, -0.2) is 0 Å². The number of piperidine rings is 1. The van der Waals surface area contributed by atoms with Gasteiger partial charge in [0.25, 0.3) is 0 Å². The molecule has 0 aromatic heterocycles. The van der Waals surface area contributed by atoms with Crippen LogP contribution in [0.25, 0.3) is 0 Å². The lowest BCUT2D eigenvalue weighted by Crippen LogP contribution is -2.51. The van der Waals surface area contributed by atoms with Crippen molar-refractivity contribution in [2.45, 2.75) is 44.9 Å². The summed E-state index contributed by atoms with van der Waals surface area (Å²) in [5.74, 6) is -0.191. The maximum Gasteiger partial charge on any atom is 0.324 e. The molecule has 1 fully saturated rings. The minimum absolute atomic E-state index is 0.191. The predicted octanol–water partition coefficient (Wildman–Crippen LogP) is 0.637. The van der Waals surface area contributed by atoms with E-state index in [1.807, 2.05) is 13.8 Å². The first-order valence-electron chi connectivity index (χ1n) is 6.65. The molecule has 5 heteroatoms. The van der Waals surface area contributed by atoms with Crippen LogP contribution in [0.4, 0.5) is 0 Å². The third-order valence-electron chi connectivity index (χ3n) is 3.26. The molecule has 0 bridgehead atoms. The molecule has 2 unspecified atom stereocenters. The van der Waals surface area contributed by atoms with Crippen LogP contribution in [0.3, 0.4) is 0 Å². The summed E-state index contributed by atoms with van der Waals surface area (Å²) in [5, 5.41) is 3.25. The van der Waals surface area contributed by atoms with Crippen molar-refractivity contribution in [2.24, 2.45) is 0 Å². The number of likely N-dealkylation sites (tertiary alicyclic amines) is 1. The van der Waals surface area contributed by atoms with Gasteiger partial charge in [-0.05, 0) is 19.4 Å². The zero-order valence-electron chi connectivity index (χ0n) is 11.9. The summed E-state index contributed by atoms with van der Waals surface area (Å²) in [4.78, 5) is 14.0. The fraction of sp³-hybridized carbons (Fsp3) is 0.923. The number of carbonyl (C=O) groups excluding carboxylic acids is 1. The van der Waals surface area contributed by atoms with E-state index in [-0.39, 0.29) is 24.2 Å². The van der Waals surface area contributed by atoms with Crippen LogP contribution in [0.5, 0.6) is 0 Å². The van der Waals surface area contributed by atoms with Crippen molar-refractivity contribution in [1.82, 2.24) is 10.2 Å². The van der Waals surface area contributed by atoms with Gasteiger partial charge in [0.05, 0.1) is 13.2 Å². The molecule has 2 atom stereocenters. The summed E-state index contributed by atoms with van der Waals surface area (Å²) in [6.07, 6.45) is 2.51. The molecule has 0 aromatic rings. The molecule has 5 nitrogen and oxygen atoms in total. The van der Waals surface area contributed by atoms with Gasteiger partial charge in [-0.2, -0.15) is 0 Å². The van der Waals surface area contributed by atoms with Crippen molar-refractivity contribution in [3.05, 3.63) is 0 Å². The lowest BCUT2D eigenvalue weighted by Gasteiger charge is -2.34. The van der Waals surface area contributed by atoms with E-state index in [4.69, 9.17) is 9.47 Å². The monoisotopic (exact) mass is 258 g/mol. The Bertz CT molecular complexity index is 259. The largest absolute Gasteiger partial charge is 0.468 e. The van der Waals surface area contributed by atoms with Crippen molar-refractivity contribution in [2.75, 3.05) is 33.9 Å². The summed E-state index contributed by atoms with van der Waals surface area (Å²) >= 11 is 0. The quantitative estimate of drug-likeness (QED) is 0.708. The van der Waals surface area contributed by atoms with E-state index >= 15 is 0 Å². The minimum Gasteiger partial charge on any atom is -0.468 e. The van der Waals surface area contributed by atoms with Crippen LogP contribution in [0.1, 0.15) is 26.7 Å². The van der Waals surface area contributed by atoms with Crippen molar-refractivity contribution < 1.29 is 14.3 Å². The lowest BCUT2D eigenvalue weighted by atomic mass is 10.1. The molecule has 1 N–H and O–H groups in total. The molecule has 0 aromatic carbocycles. The average molecular weight is 258 g/mol. The van der Waals surface area contributed by atoms with E-state index in [9.17, 15) is 4.79 Å². The van der Waals surface area contributed by atoms with E-state index < -0.39 is 0 Å². The minimum atomic E-state index is -0.259. The van der Waals surface area contributed by atoms with Crippen LogP contribution in [0.15, 0.2) is 0 Å². The molecule has 1 aliphatic rings. The van der Waals surface area contributed by atoms with Crippen LogP contribution in [-0.4, -0.2) is 62.9 Å². The van der Waals surface area contributed by atoms with Crippen LogP contribution in [0, 0.1) is 0 Å². The molecule has 18 heavy (non-hydrogen) atoms. The topological polar surface area (TPSA) is 50.8 Å². The summed E-state index contributed by atoms with van der Waals surface area (Å²) in [5.41, 5.74) is 0. The van der Waals surface area contributed by atoms with Crippen molar-refractivity contribution in [3.63, 3.8) is 0 Å². The third-order valence-corrected chi connectivity index (χ3v) is 3.26. The molecular weight excluding hydrogens is 232 g/mol. The molecule has 1 heterocycles. The van der Waals surface area contributed by atoms with Gasteiger partial charge in [-0.3, -0.25) is 9.69 Å². The highest BCUT2D eigenvalue weighted by Crippen LogP contribution is 2.13. The van der Waals surface area contributed by atoms with Gasteiger partial charge in [-0.1, -0.05) is 13.8 Å². The number of nitrogens with zero attached hydrogens (tertiary/aromatic N) is 1. The molecule has 0 aliphatic carbocycles. The molecule has 0 amide bonds. The first-order valence-corrected chi connectivity index (χ1v) is 6.65. The molecule has 0 saturated carbocycles. The van der Waals surface area contributed by atoms with Crippen LogP contribution in [-0.2, 0) is 14.3 Å². The Morgan fingerprint density at radius 1 is 1.44 bits per heavy atom. The third kappa shape index (κ3) is 4.92. The fourth-order valence-corrected chi connectivity index (χ4v) is 2.37. The molecule has 1 rings (SSSR count). The second kappa shape index (κ2) is 7.71. The average Bonchev–Trinajstić information content (AvgIpc) is 2.36. The normalized spacial score (nSPS) is 23.1. The van der Waals surface area contributed by atoms with E-state index in [0.717, 1.165) is 25.9 Å². The Morgan fingerprint density at radius 2 is 2.17 bits per heavy atom. The number of carbonyl (C=O) groups is 1. The van der Waals surface area contributed by atoms with Crippen LogP contribution < -0.4 is 5.32 Å². The number of methoxy groups -OCH3 is 2. The number of hydrogen-bond acceptors (Lipinski definition) is 5. The second-order valence-electron chi connectivity index (χ2n) is 5.16. The Morgan fingerprint density at radius 3 is 2.72 bits per heavy atom. The predicted molar refractivity (Wildman–Crippen MR) is 70.5 cm³/mol. The molecule has 1 aliphatic heterocycles. The maximum atomic E-state index is 11.7. The van der Waals surface area contributed by atoms with E-state index in [0.29, 0.717) is 6.54 Å². The van der Waals surface area contributed by atoms with E-state index in [1.54, 1.807) is 7.11 Å². The molecular formula is C13H26N2O3. The Labute approximate surface area is 110 Å². The summed E-state index contributed by atoms with van der Waals surface area (Å²) in [6.45, 7) is 6.66. The Balaban J connectivity index is 2.51. The zero-order valence-corrected chi connectivity index (χ0v) is 11.9. The fourth-order valence-electron chi connectivity index (χ4n) is 2.37. The Kier molecular flexibility index (Phi) is 6.60. The second-order valence-corrected chi connectivity index (χ2v) is 5.16. The summed E-state index contributed by atoms with van der Waals surface area (Å²) in [6, 6.07) is 0.00252. The number of hydrogen-bond donors (Lipinski definition) is 1. The molecule has 106 valence electrons. The van der Waals surface area contributed by atoms with E-state index in [2.05, 4.69) is 10.2 Å². The first-order chi connectivity index (χ1) is 8.56. The van der Waals surface area contributed by atoms with Gasteiger partial charge >= 0.3 is 5.97 Å². The molecule has 1 saturated heterocycles. The Hall–Kier alpha value is -0.650. The summed E-state index contributed by atoms with van der Waals surface area (Å²) < 4.78 is 10.2. The van der Waals surface area contributed by atoms with Gasteiger partial charge in [0.2, 0.25) is 0 Å². The zero-order chi connectivity index (χ0) is 13.5. The number of ether oxygens (including phenoxy) is 2. The summed E-state index contributed by atoms with van der Waals surface area (Å²) in [7, 11) is 3.18. The molecule has 0 radical (unpaired) electrons. The standard InChI is InChI=1S/C13H26N2O3/c1-10(2)14-12(13(16)18-4)9-15-7-5-6-11(8-15)17-3/h10-12,14H,5-9H2,1-4H3. The number of esters is 1. The van der Waals surface area contributed by atoms with Gasteiger partial charge in [0.1, 0.15) is 6.04 Å².